The van der Waals surface area contributed by atoms with E-state index in [1.807, 2.05) is 48.5 Å². The highest BCUT2D eigenvalue weighted by Crippen LogP contribution is 2.47. The molecule has 0 saturated heterocycles. The van der Waals surface area contributed by atoms with Crippen molar-refractivity contribution >= 4 is 5.57 Å². The summed E-state index contributed by atoms with van der Waals surface area (Å²) in [4.78, 5) is 0. The number of allylic oxidation sites excluding steroid dienone is 2. The SMILES string of the molecule is C[C@H](c1ccccc1)[C@]1(C#N)CC=C(C#N)c2ccccc21. The second-order valence-corrected chi connectivity index (χ2v) is 5.69. The molecule has 1 aliphatic rings. The highest BCUT2D eigenvalue weighted by atomic mass is 14.5. The topological polar surface area (TPSA) is 47.6 Å². The predicted octanol–water partition coefficient (Wildman–Crippen LogP) is 4.56. The molecule has 0 saturated carbocycles. The number of nitrogens with zero attached hydrogens (tertiary/aromatic N) is 2. The van der Waals surface area contributed by atoms with Gasteiger partial charge in [-0.3, -0.25) is 0 Å². The maximum absolute atomic E-state index is 10.0. The summed E-state index contributed by atoms with van der Waals surface area (Å²) in [7, 11) is 0. The van der Waals surface area contributed by atoms with E-state index in [4.69, 9.17) is 0 Å². The third-order valence-corrected chi connectivity index (χ3v) is 4.68. The van der Waals surface area contributed by atoms with Crippen molar-refractivity contribution in [2.75, 3.05) is 0 Å². The Morgan fingerprint density at radius 3 is 2.36 bits per heavy atom. The van der Waals surface area contributed by atoms with Crippen LogP contribution in [0.4, 0.5) is 0 Å². The normalized spacial score (nSPS) is 21.0. The van der Waals surface area contributed by atoms with E-state index in [1.165, 1.54) is 0 Å². The summed E-state index contributed by atoms with van der Waals surface area (Å²) in [6.07, 6.45) is 2.48. The molecular formula is C20H16N2. The van der Waals surface area contributed by atoms with Crippen LogP contribution in [0.2, 0.25) is 0 Å². The maximum Gasteiger partial charge on any atom is 0.0994 e. The predicted molar refractivity (Wildman–Crippen MR) is 86.8 cm³/mol. The Balaban J connectivity index is 2.19. The molecule has 22 heavy (non-hydrogen) atoms. The first kappa shape index (κ1) is 14.1. The van der Waals surface area contributed by atoms with Crippen molar-refractivity contribution in [3.63, 3.8) is 0 Å². The third-order valence-electron chi connectivity index (χ3n) is 4.68. The van der Waals surface area contributed by atoms with Gasteiger partial charge in [0, 0.05) is 5.92 Å². The minimum atomic E-state index is -0.627. The summed E-state index contributed by atoms with van der Waals surface area (Å²) >= 11 is 0. The molecule has 0 aliphatic heterocycles. The van der Waals surface area contributed by atoms with Gasteiger partial charge in [0.25, 0.3) is 0 Å². The molecule has 1 aliphatic carbocycles. The minimum absolute atomic E-state index is 0.0522. The van der Waals surface area contributed by atoms with E-state index in [0.29, 0.717) is 12.0 Å². The van der Waals surface area contributed by atoms with Gasteiger partial charge in [0.15, 0.2) is 0 Å². The van der Waals surface area contributed by atoms with Crippen LogP contribution in [0.15, 0.2) is 60.7 Å². The van der Waals surface area contributed by atoms with Gasteiger partial charge < -0.3 is 0 Å². The zero-order valence-corrected chi connectivity index (χ0v) is 12.5. The molecule has 2 heteroatoms. The van der Waals surface area contributed by atoms with Crippen LogP contribution in [-0.2, 0) is 5.41 Å². The molecule has 106 valence electrons. The Morgan fingerprint density at radius 2 is 1.68 bits per heavy atom. The van der Waals surface area contributed by atoms with E-state index in [9.17, 15) is 10.5 Å². The van der Waals surface area contributed by atoms with E-state index in [0.717, 1.165) is 16.7 Å². The van der Waals surface area contributed by atoms with Crippen LogP contribution in [-0.4, -0.2) is 0 Å². The van der Waals surface area contributed by atoms with E-state index in [2.05, 4.69) is 31.2 Å². The summed E-state index contributed by atoms with van der Waals surface area (Å²) < 4.78 is 0. The fourth-order valence-electron chi connectivity index (χ4n) is 3.33. The summed E-state index contributed by atoms with van der Waals surface area (Å²) in [5, 5.41) is 19.4. The van der Waals surface area contributed by atoms with Crippen molar-refractivity contribution in [1.29, 1.82) is 10.5 Å². The third kappa shape index (κ3) is 2.01. The molecule has 2 nitrogen and oxygen atoms in total. The average molecular weight is 284 g/mol. The molecule has 0 aromatic heterocycles. The van der Waals surface area contributed by atoms with Crippen LogP contribution in [0.5, 0.6) is 0 Å². The number of hydrogen-bond donors (Lipinski definition) is 0. The summed E-state index contributed by atoms with van der Waals surface area (Å²) in [5.41, 5.74) is 3.04. The van der Waals surface area contributed by atoms with Gasteiger partial charge in [0.05, 0.1) is 23.1 Å². The van der Waals surface area contributed by atoms with Crippen molar-refractivity contribution < 1.29 is 0 Å². The summed E-state index contributed by atoms with van der Waals surface area (Å²) in [6, 6.07) is 22.7. The van der Waals surface area contributed by atoms with E-state index < -0.39 is 5.41 Å². The molecule has 0 amide bonds. The van der Waals surface area contributed by atoms with Crippen molar-refractivity contribution in [2.24, 2.45) is 0 Å². The average Bonchev–Trinajstić information content (AvgIpc) is 2.61. The van der Waals surface area contributed by atoms with Crippen LogP contribution in [0.3, 0.4) is 0 Å². The number of hydrogen-bond acceptors (Lipinski definition) is 2. The monoisotopic (exact) mass is 284 g/mol. The van der Waals surface area contributed by atoms with E-state index >= 15 is 0 Å². The number of rotatable bonds is 2. The van der Waals surface area contributed by atoms with Crippen molar-refractivity contribution in [3.8, 4) is 12.1 Å². The molecule has 0 spiro atoms. The van der Waals surface area contributed by atoms with Gasteiger partial charge >= 0.3 is 0 Å². The molecule has 0 fully saturated rings. The van der Waals surface area contributed by atoms with Crippen LogP contribution in [0.25, 0.3) is 5.57 Å². The molecular weight excluding hydrogens is 268 g/mol. The lowest BCUT2D eigenvalue weighted by Crippen LogP contribution is -2.33. The molecule has 2 aromatic carbocycles. The van der Waals surface area contributed by atoms with Crippen LogP contribution >= 0.6 is 0 Å². The zero-order chi connectivity index (χ0) is 15.6. The molecule has 0 unspecified atom stereocenters. The van der Waals surface area contributed by atoms with Crippen molar-refractivity contribution in [1.82, 2.24) is 0 Å². The minimum Gasteiger partial charge on any atom is -0.197 e. The molecule has 2 atom stereocenters. The second-order valence-electron chi connectivity index (χ2n) is 5.69. The smallest absolute Gasteiger partial charge is 0.0994 e. The standard InChI is InChI=1S/C20H16N2/c1-15(16-7-3-2-4-8-16)20(14-22)12-11-17(13-21)18-9-5-6-10-19(18)20/h2-11,15H,12H2,1H3/t15-,20-/m1/s1. The zero-order valence-electron chi connectivity index (χ0n) is 12.5. The van der Waals surface area contributed by atoms with Gasteiger partial charge in [0.1, 0.15) is 0 Å². The molecule has 0 heterocycles. The highest BCUT2D eigenvalue weighted by Gasteiger charge is 2.42. The van der Waals surface area contributed by atoms with Gasteiger partial charge in [-0.2, -0.15) is 10.5 Å². The first-order valence-electron chi connectivity index (χ1n) is 7.39. The van der Waals surface area contributed by atoms with Gasteiger partial charge in [-0.1, -0.05) is 67.6 Å². The Hall–Kier alpha value is -2.84. The summed E-state index contributed by atoms with van der Waals surface area (Å²) in [5.74, 6) is 0.0522. The number of benzene rings is 2. The van der Waals surface area contributed by atoms with E-state index in [-0.39, 0.29) is 5.92 Å². The fourth-order valence-corrected chi connectivity index (χ4v) is 3.33. The lowest BCUT2D eigenvalue weighted by atomic mass is 9.63. The maximum atomic E-state index is 10.0. The van der Waals surface area contributed by atoms with Gasteiger partial charge in [-0.05, 0) is 23.1 Å². The van der Waals surface area contributed by atoms with E-state index in [1.54, 1.807) is 0 Å². The van der Waals surface area contributed by atoms with Crippen molar-refractivity contribution in [2.45, 2.75) is 24.7 Å². The Bertz CT molecular complexity index is 806. The molecule has 3 rings (SSSR count). The van der Waals surface area contributed by atoms with Gasteiger partial charge in [-0.15, -0.1) is 0 Å². The number of fused-ring (bicyclic) bond motifs is 1. The molecule has 0 bridgehead atoms. The summed E-state index contributed by atoms with van der Waals surface area (Å²) in [6.45, 7) is 2.10. The fraction of sp³-hybridized carbons (Fsp3) is 0.200. The second kappa shape index (κ2) is 5.51. The molecule has 0 N–H and O–H groups in total. The van der Waals surface area contributed by atoms with Gasteiger partial charge in [-0.25, -0.2) is 0 Å². The first-order valence-corrected chi connectivity index (χ1v) is 7.39. The van der Waals surface area contributed by atoms with Crippen LogP contribution in [0, 0.1) is 22.7 Å². The van der Waals surface area contributed by atoms with Gasteiger partial charge in [0.2, 0.25) is 0 Å². The highest BCUT2D eigenvalue weighted by molar-refractivity contribution is 5.82. The van der Waals surface area contributed by atoms with Crippen LogP contribution in [0.1, 0.15) is 36.0 Å². The quantitative estimate of drug-likeness (QED) is 0.811. The lowest BCUT2D eigenvalue weighted by Gasteiger charge is -2.37. The van der Waals surface area contributed by atoms with Crippen molar-refractivity contribution in [3.05, 3.63) is 77.4 Å². The molecule has 0 radical (unpaired) electrons. The Kier molecular flexibility index (Phi) is 3.53. The Labute approximate surface area is 130 Å². The Morgan fingerprint density at radius 1 is 1.00 bits per heavy atom. The van der Waals surface area contributed by atoms with Crippen LogP contribution < -0.4 is 0 Å². The number of nitriles is 2. The lowest BCUT2D eigenvalue weighted by molar-refractivity contribution is 0.460. The first-order chi connectivity index (χ1) is 10.7. The largest absolute Gasteiger partial charge is 0.197 e. The molecule has 2 aromatic rings.